The molecule has 5 nitrogen and oxygen atoms in total. The van der Waals surface area contributed by atoms with E-state index in [1.165, 1.54) is 24.5 Å². The topological polar surface area (TPSA) is 67.8 Å². The fourth-order valence-electron chi connectivity index (χ4n) is 1.18. The van der Waals surface area contributed by atoms with Crippen molar-refractivity contribution in [2.24, 2.45) is 0 Å². The van der Waals surface area contributed by atoms with E-state index in [1.54, 1.807) is 0 Å². The van der Waals surface area contributed by atoms with Crippen LogP contribution < -0.4 is 11.1 Å². The molecule has 2 aromatic rings. The summed E-state index contributed by atoms with van der Waals surface area (Å²) < 4.78 is 1.81. The van der Waals surface area contributed by atoms with Crippen LogP contribution in [0.4, 0.5) is 0 Å². The number of nitrogens with one attached hydrogen (secondary N) is 1. The number of hydrogen-bond donors (Lipinski definition) is 1. The first kappa shape index (κ1) is 11.3. The minimum Gasteiger partial charge on any atom is -0.328 e. The van der Waals surface area contributed by atoms with E-state index < -0.39 is 5.56 Å². The lowest BCUT2D eigenvalue weighted by atomic mass is 10.4. The summed E-state index contributed by atoms with van der Waals surface area (Å²) in [7, 11) is 0. The maximum Gasteiger partial charge on any atom is 0.272 e. The van der Waals surface area contributed by atoms with Crippen molar-refractivity contribution in [1.82, 2.24) is 14.8 Å². The Bertz CT molecular complexity index is 650. The number of H-pyrrole nitrogens is 1. The summed E-state index contributed by atoms with van der Waals surface area (Å²) in [6.07, 6.45) is 2.93. The molecule has 0 aliphatic heterocycles. The number of rotatable bonds is 1. The highest BCUT2D eigenvalue weighted by molar-refractivity contribution is 14.1. The first-order valence-corrected chi connectivity index (χ1v) is 5.68. The average Bonchev–Trinajstić information content (AvgIpc) is 2.23. The van der Waals surface area contributed by atoms with Crippen molar-refractivity contribution in [1.29, 1.82) is 0 Å². The van der Waals surface area contributed by atoms with Crippen LogP contribution in [-0.4, -0.2) is 14.8 Å². The van der Waals surface area contributed by atoms with Crippen LogP contribution in [0.25, 0.3) is 5.69 Å². The minimum atomic E-state index is -0.452. The second kappa shape index (κ2) is 4.38. The van der Waals surface area contributed by atoms with Gasteiger partial charge in [0, 0.05) is 15.8 Å². The summed E-state index contributed by atoms with van der Waals surface area (Å²) in [6, 6.07) is 2.93. The monoisotopic (exact) mass is 349 g/mol. The molecule has 0 bridgehead atoms. The van der Waals surface area contributed by atoms with Gasteiger partial charge in [-0.1, -0.05) is 11.6 Å². The van der Waals surface area contributed by atoms with E-state index in [0.29, 0.717) is 0 Å². The van der Waals surface area contributed by atoms with Gasteiger partial charge < -0.3 is 4.98 Å². The highest BCUT2D eigenvalue weighted by Gasteiger charge is 2.08. The number of pyridine rings is 1. The third-order valence-electron chi connectivity index (χ3n) is 1.87. The van der Waals surface area contributed by atoms with Crippen LogP contribution in [0.15, 0.2) is 34.1 Å². The Morgan fingerprint density at radius 1 is 1.44 bits per heavy atom. The normalized spacial score (nSPS) is 10.4. The van der Waals surface area contributed by atoms with Gasteiger partial charge in [0.15, 0.2) is 0 Å². The van der Waals surface area contributed by atoms with Crippen LogP contribution in [0.3, 0.4) is 0 Å². The molecule has 0 radical (unpaired) electrons. The fraction of sp³-hybridized carbons (Fsp3) is 0. The van der Waals surface area contributed by atoms with Crippen molar-refractivity contribution in [2.45, 2.75) is 0 Å². The quantitative estimate of drug-likeness (QED) is 0.786. The van der Waals surface area contributed by atoms with E-state index in [-0.39, 0.29) is 16.3 Å². The molecule has 82 valence electrons. The van der Waals surface area contributed by atoms with Gasteiger partial charge in [0.1, 0.15) is 5.02 Å². The second-order valence-corrected chi connectivity index (χ2v) is 4.55. The molecule has 0 fully saturated rings. The van der Waals surface area contributed by atoms with Crippen molar-refractivity contribution in [3.8, 4) is 5.69 Å². The molecule has 2 heterocycles. The molecule has 1 N–H and O–H groups in total. The Hall–Kier alpha value is -1.15. The number of aromatic nitrogens is 3. The van der Waals surface area contributed by atoms with Gasteiger partial charge in [-0.05, 0) is 28.7 Å². The van der Waals surface area contributed by atoms with Crippen molar-refractivity contribution in [3.05, 3.63) is 53.8 Å². The first-order valence-electron chi connectivity index (χ1n) is 4.22. The Morgan fingerprint density at radius 3 is 2.88 bits per heavy atom. The molecule has 2 rings (SSSR count). The van der Waals surface area contributed by atoms with E-state index in [2.05, 4.69) is 10.1 Å². The minimum absolute atomic E-state index is 0.0571. The molecule has 0 saturated heterocycles. The lowest BCUT2D eigenvalue weighted by Gasteiger charge is -2.04. The molecule has 0 spiro atoms. The van der Waals surface area contributed by atoms with Crippen molar-refractivity contribution >= 4 is 34.2 Å². The molecule has 0 atom stereocenters. The molecular weight excluding hydrogens is 344 g/mol. The van der Waals surface area contributed by atoms with Gasteiger partial charge in [0.2, 0.25) is 0 Å². The molecule has 0 saturated carbocycles. The van der Waals surface area contributed by atoms with Gasteiger partial charge in [-0.3, -0.25) is 9.59 Å². The van der Waals surface area contributed by atoms with E-state index in [4.69, 9.17) is 11.6 Å². The highest BCUT2D eigenvalue weighted by Crippen LogP contribution is 2.11. The predicted octanol–water partition coefficient (Wildman–Crippen LogP) is 1.18. The summed E-state index contributed by atoms with van der Waals surface area (Å²) in [5.41, 5.74) is -0.516. The zero-order chi connectivity index (χ0) is 11.7. The van der Waals surface area contributed by atoms with E-state index in [9.17, 15) is 9.59 Å². The van der Waals surface area contributed by atoms with E-state index in [0.717, 1.165) is 8.25 Å². The van der Waals surface area contributed by atoms with E-state index in [1.807, 2.05) is 22.6 Å². The number of aromatic amines is 1. The molecule has 2 aromatic heterocycles. The maximum atomic E-state index is 11.6. The maximum absolute atomic E-state index is 11.6. The van der Waals surface area contributed by atoms with Gasteiger partial charge in [0.05, 0.1) is 11.9 Å². The summed E-state index contributed by atoms with van der Waals surface area (Å²) in [5, 5.41) is 3.85. The second-order valence-electron chi connectivity index (χ2n) is 2.93. The summed E-state index contributed by atoms with van der Waals surface area (Å²) in [4.78, 5) is 25.3. The van der Waals surface area contributed by atoms with Gasteiger partial charge in [-0.25, -0.2) is 0 Å². The Labute approximate surface area is 108 Å². The predicted molar refractivity (Wildman–Crippen MR) is 68.2 cm³/mol. The number of nitrogens with zero attached hydrogens (tertiary/aromatic N) is 2. The third kappa shape index (κ3) is 2.03. The lowest BCUT2D eigenvalue weighted by molar-refractivity contribution is 0.799. The number of hydrogen-bond acceptors (Lipinski definition) is 3. The van der Waals surface area contributed by atoms with Crippen molar-refractivity contribution in [2.75, 3.05) is 0 Å². The molecule has 0 aliphatic rings. The zero-order valence-electron chi connectivity index (χ0n) is 7.78. The van der Waals surface area contributed by atoms with E-state index >= 15 is 0 Å². The zero-order valence-corrected chi connectivity index (χ0v) is 10.7. The number of halogens is 2. The van der Waals surface area contributed by atoms with Crippen LogP contribution in [0.5, 0.6) is 0 Å². The fourth-order valence-corrected chi connectivity index (χ4v) is 1.77. The Balaban J connectivity index is 2.73. The Morgan fingerprint density at radius 2 is 2.19 bits per heavy atom. The summed E-state index contributed by atoms with van der Waals surface area (Å²) in [5.74, 6) is 0. The molecular formula is C9H5ClIN3O2. The van der Waals surface area contributed by atoms with Crippen LogP contribution >= 0.6 is 34.2 Å². The standard InChI is InChI=1S/C9H5ClIN3O2/c10-8-6(1-2-12-9(8)16)14-7(15)3-5(11)4-13-14/h1-4H,(H,12,16). The molecule has 0 amide bonds. The van der Waals surface area contributed by atoms with Gasteiger partial charge in [0.25, 0.3) is 11.1 Å². The van der Waals surface area contributed by atoms with Gasteiger partial charge in [-0.15, -0.1) is 0 Å². The average molecular weight is 350 g/mol. The molecule has 0 aromatic carbocycles. The summed E-state index contributed by atoms with van der Waals surface area (Å²) >= 11 is 7.77. The SMILES string of the molecule is O=c1[nH]ccc(-n2ncc(I)cc2=O)c1Cl. The summed E-state index contributed by atoms with van der Waals surface area (Å²) in [6.45, 7) is 0. The van der Waals surface area contributed by atoms with Gasteiger partial charge in [-0.2, -0.15) is 9.78 Å². The van der Waals surface area contributed by atoms with Crippen molar-refractivity contribution in [3.63, 3.8) is 0 Å². The largest absolute Gasteiger partial charge is 0.328 e. The molecule has 0 aliphatic carbocycles. The smallest absolute Gasteiger partial charge is 0.272 e. The molecule has 0 unspecified atom stereocenters. The lowest BCUT2D eigenvalue weighted by Crippen LogP contribution is -2.22. The van der Waals surface area contributed by atoms with Crippen LogP contribution in [0, 0.1) is 3.57 Å². The van der Waals surface area contributed by atoms with Gasteiger partial charge >= 0.3 is 0 Å². The Kier molecular flexibility index (Phi) is 3.10. The first-order chi connectivity index (χ1) is 7.59. The van der Waals surface area contributed by atoms with Crippen LogP contribution in [0.1, 0.15) is 0 Å². The van der Waals surface area contributed by atoms with Crippen LogP contribution in [-0.2, 0) is 0 Å². The molecule has 16 heavy (non-hydrogen) atoms. The van der Waals surface area contributed by atoms with Crippen LogP contribution in [0.2, 0.25) is 5.02 Å². The third-order valence-corrected chi connectivity index (χ3v) is 2.83. The highest BCUT2D eigenvalue weighted by atomic mass is 127. The van der Waals surface area contributed by atoms with Crippen molar-refractivity contribution < 1.29 is 0 Å². The molecule has 7 heteroatoms.